The van der Waals surface area contributed by atoms with E-state index in [4.69, 9.17) is 4.74 Å². The van der Waals surface area contributed by atoms with Crippen molar-refractivity contribution in [1.82, 2.24) is 24.3 Å². The number of nitrogens with zero attached hydrogens (tertiary/aromatic N) is 4. The topological polar surface area (TPSA) is 66.4 Å². The first kappa shape index (κ1) is 17.8. The molecule has 1 aliphatic rings. The number of nitrogens with one attached hydrogen (secondary N) is 1. The summed E-state index contributed by atoms with van der Waals surface area (Å²) in [6, 6.07) is 8.66. The van der Waals surface area contributed by atoms with Crippen molar-refractivity contribution in [2.24, 2.45) is 0 Å². The molecule has 0 fully saturated rings. The standard InChI is InChI=1S/C20H25N5O2/c1-23(2)20(26)13-27-12-17-11-24(10-16-8-21-14-25(16)17)9-15-4-3-5-19-18(15)6-7-22-19/h3-8,14,17,22H,9-13H2,1-2H3. The summed E-state index contributed by atoms with van der Waals surface area (Å²) >= 11 is 0. The third-order valence-electron chi connectivity index (χ3n) is 5.11. The van der Waals surface area contributed by atoms with E-state index in [0.717, 1.165) is 25.2 Å². The number of rotatable bonds is 6. The molecule has 1 aromatic carbocycles. The van der Waals surface area contributed by atoms with Crippen LogP contribution < -0.4 is 0 Å². The van der Waals surface area contributed by atoms with Gasteiger partial charge in [0.1, 0.15) is 6.61 Å². The summed E-state index contributed by atoms with van der Waals surface area (Å²) in [6.07, 6.45) is 5.76. The van der Waals surface area contributed by atoms with Gasteiger partial charge in [0.15, 0.2) is 0 Å². The molecule has 2 aromatic heterocycles. The minimum Gasteiger partial charge on any atom is -0.369 e. The molecule has 27 heavy (non-hydrogen) atoms. The number of benzene rings is 1. The van der Waals surface area contributed by atoms with Gasteiger partial charge in [0.05, 0.1) is 24.7 Å². The van der Waals surface area contributed by atoms with Gasteiger partial charge in [-0.15, -0.1) is 0 Å². The van der Waals surface area contributed by atoms with Crippen LogP contribution >= 0.6 is 0 Å². The first-order valence-corrected chi connectivity index (χ1v) is 9.18. The number of hydrogen-bond acceptors (Lipinski definition) is 4. The van der Waals surface area contributed by atoms with Crippen molar-refractivity contribution in [3.8, 4) is 0 Å². The minimum atomic E-state index is -0.0207. The largest absolute Gasteiger partial charge is 0.369 e. The highest BCUT2D eigenvalue weighted by atomic mass is 16.5. The number of imidazole rings is 1. The Morgan fingerprint density at radius 3 is 3.11 bits per heavy atom. The molecular weight excluding hydrogens is 342 g/mol. The first-order valence-electron chi connectivity index (χ1n) is 9.18. The number of fused-ring (bicyclic) bond motifs is 2. The molecule has 7 heteroatoms. The number of amides is 1. The van der Waals surface area contributed by atoms with E-state index in [9.17, 15) is 4.79 Å². The van der Waals surface area contributed by atoms with Gasteiger partial charge in [-0.05, 0) is 17.7 Å². The van der Waals surface area contributed by atoms with Crippen molar-refractivity contribution in [3.05, 3.63) is 54.2 Å². The van der Waals surface area contributed by atoms with Crippen molar-refractivity contribution in [1.29, 1.82) is 0 Å². The molecule has 0 saturated carbocycles. The molecule has 3 aromatic rings. The monoisotopic (exact) mass is 367 g/mol. The Morgan fingerprint density at radius 1 is 1.37 bits per heavy atom. The van der Waals surface area contributed by atoms with E-state index >= 15 is 0 Å². The van der Waals surface area contributed by atoms with Crippen LogP contribution in [-0.4, -0.2) is 64.1 Å². The van der Waals surface area contributed by atoms with E-state index in [1.165, 1.54) is 16.6 Å². The van der Waals surface area contributed by atoms with Crippen LogP contribution in [0.1, 0.15) is 17.3 Å². The zero-order valence-electron chi connectivity index (χ0n) is 15.8. The summed E-state index contributed by atoms with van der Waals surface area (Å²) in [5.41, 5.74) is 3.65. The highest BCUT2D eigenvalue weighted by Crippen LogP contribution is 2.25. The van der Waals surface area contributed by atoms with E-state index in [1.807, 2.05) is 18.7 Å². The Morgan fingerprint density at radius 2 is 2.26 bits per heavy atom. The van der Waals surface area contributed by atoms with Gasteiger partial charge in [-0.1, -0.05) is 12.1 Å². The summed E-state index contributed by atoms with van der Waals surface area (Å²) in [6.45, 7) is 3.19. The second-order valence-electron chi connectivity index (χ2n) is 7.28. The molecule has 0 bridgehead atoms. The molecule has 142 valence electrons. The maximum atomic E-state index is 11.8. The van der Waals surface area contributed by atoms with Crippen LogP contribution in [0.4, 0.5) is 0 Å². The van der Waals surface area contributed by atoms with Crippen LogP contribution in [0.5, 0.6) is 0 Å². The molecule has 1 amide bonds. The van der Waals surface area contributed by atoms with Crippen LogP contribution in [0, 0.1) is 0 Å². The average Bonchev–Trinajstić information content (AvgIpc) is 3.30. The predicted octanol–water partition coefficient (Wildman–Crippen LogP) is 2.03. The lowest BCUT2D eigenvalue weighted by Crippen LogP contribution is -2.39. The Kier molecular flexibility index (Phi) is 4.96. The Bertz CT molecular complexity index is 929. The van der Waals surface area contributed by atoms with E-state index in [-0.39, 0.29) is 18.6 Å². The maximum absolute atomic E-state index is 11.8. The van der Waals surface area contributed by atoms with Crippen molar-refractivity contribution in [2.45, 2.75) is 19.1 Å². The molecular formula is C20H25N5O2. The number of carbonyl (C=O) groups excluding carboxylic acids is 1. The van der Waals surface area contributed by atoms with Gasteiger partial charge >= 0.3 is 0 Å². The van der Waals surface area contributed by atoms with Gasteiger partial charge in [-0.2, -0.15) is 0 Å². The quantitative estimate of drug-likeness (QED) is 0.724. The lowest BCUT2D eigenvalue weighted by molar-refractivity contribution is -0.134. The van der Waals surface area contributed by atoms with Crippen LogP contribution in [0.3, 0.4) is 0 Å². The summed E-state index contributed by atoms with van der Waals surface area (Å²) in [5.74, 6) is -0.0207. The normalized spacial score (nSPS) is 17.2. The smallest absolute Gasteiger partial charge is 0.248 e. The Hall–Kier alpha value is -2.64. The fourth-order valence-corrected chi connectivity index (χ4v) is 3.66. The van der Waals surface area contributed by atoms with E-state index in [0.29, 0.717) is 6.61 Å². The predicted molar refractivity (Wildman–Crippen MR) is 103 cm³/mol. The van der Waals surface area contributed by atoms with Gasteiger partial charge in [0.2, 0.25) is 5.91 Å². The molecule has 0 radical (unpaired) electrons. The van der Waals surface area contributed by atoms with E-state index in [2.05, 4.69) is 43.7 Å². The van der Waals surface area contributed by atoms with Gasteiger partial charge < -0.3 is 19.2 Å². The average molecular weight is 367 g/mol. The lowest BCUT2D eigenvalue weighted by Gasteiger charge is -2.34. The molecule has 4 rings (SSSR count). The second kappa shape index (κ2) is 7.54. The first-order chi connectivity index (χ1) is 13.1. The molecule has 1 N–H and O–H groups in total. The number of aromatic amines is 1. The van der Waals surface area contributed by atoms with Crippen molar-refractivity contribution < 1.29 is 9.53 Å². The fraction of sp³-hybridized carbons (Fsp3) is 0.400. The summed E-state index contributed by atoms with van der Waals surface area (Å²) in [7, 11) is 3.48. The van der Waals surface area contributed by atoms with Crippen LogP contribution in [0.25, 0.3) is 10.9 Å². The van der Waals surface area contributed by atoms with Gasteiger partial charge in [0, 0.05) is 57.0 Å². The Balaban J connectivity index is 1.46. The number of aromatic nitrogens is 3. The number of ether oxygens (including phenoxy) is 1. The van der Waals surface area contributed by atoms with Crippen molar-refractivity contribution >= 4 is 16.8 Å². The molecule has 0 saturated heterocycles. The van der Waals surface area contributed by atoms with E-state index in [1.54, 1.807) is 19.0 Å². The van der Waals surface area contributed by atoms with Crippen LogP contribution in [0.15, 0.2) is 43.0 Å². The van der Waals surface area contributed by atoms with Crippen molar-refractivity contribution in [2.75, 3.05) is 33.9 Å². The minimum absolute atomic E-state index is 0.0207. The summed E-state index contributed by atoms with van der Waals surface area (Å²) in [4.78, 5) is 23.3. The van der Waals surface area contributed by atoms with Crippen LogP contribution in [0.2, 0.25) is 0 Å². The van der Waals surface area contributed by atoms with Crippen molar-refractivity contribution in [3.63, 3.8) is 0 Å². The zero-order valence-corrected chi connectivity index (χ0v) is 15.8. The van der Waals surface area contributed by atoms with E-state index < -0.39 is 0 Å². The summed E-state index contributed by atoms with van der Waals surface area (Å²) in [5, 5.41) is 1.26. The Labute approximate surface area is 158 Å². The highest BCUT2D eigenvalue weighted by molar-refractivity contribution is 5.82. The van der Waals surface area contributed by atoms with Crippen LogP contribution in [-0.2, 0) is 22.6 Å². The molecule has 1 atom stereocenters. The number of carbonyl (C=O) groups is 1. The number of hydrogen-bond donors (Lipinski definition) is 1. The van der Waals surface area contributed by atoms with Gasteiger partial charge in [-0.3, -0.25) is 9.69 Å². The molecule has 3 heterocycles. The number of H-pyrrole nitrogens is 1. The fourth-order valence-electron chi connectivity index (χ4n) is 3.66. The van der Waals surface area contributed by atoms with Gasteiger partial charge in [0.25, 0.3) is 0 Å². The summed E-state index contributed by atoms with van der Waals surface area (Å²) < 4.78 is 7.88. The maximum Gasteiger partial charge on any atom is 0.248 e. The number of likely N-dealkylation sites (N-methyl/N-ethyl adjacent to an activating group) is 1. The SMILES string of the molecule is CN(C)C(=O)COCC1CN(Cc2cccc3[nH]ccc23)Cc2cncn21. The molecule has 0 aliphatic carbocycles. The molecule has 1 aliphatic heterocycles. The molecule has 0 spiro atoms. The zero-order chi connectivity index (χ0) is 18.8. The molecule has 7 nitrogen and oxygen atoms in total. The lowest BCUT2D eigenvalue weighted by atomic mass is 10.1. The highest BCUT2D eigenvalue weighted by Gasteiger charge is 2.25. The second-order valence-corrected chi connectivity index (χ2v) is 7.28. The third-order valence-corrected chi connectivity index (χ3v) is 5.11. The van der Waals surface area contributed by atoms with Gasteiger partial charge in [-0.25, -0.2) is 4.98 Å². The third kappa shape index (κ3) is 3.74. The molecule has 1 unspecified atom stereocenters.